The number of pyridine rings is 1. The predicted molar refractivity (Wildman–Crippen MR) is 96.8 cm³/mol. The minimum Gasteiger partial charge on any atom is -0.265 e. The summed E-state index contributed by atoms with van der Waals surface area (Å²) in [5.41, 5.74) is 3.47. The molecular formula is C19H14F3N5. The molecule has 0 spiro atoms. The number of anilines is 2. The van der Waals surface area contributed by atoms with Crippen LogP contribution in [-0.2, 0) is 6.18 Å². The Morgan fingerprint density at radius 3 is 2.19 bits per heavy atom. The van der Waals surface area contributed by atoms with E-state index in [0.717, 1.165) is 11.6 Å². The Balaban J connectivity index is 1.81. The van der Waals surface area contributed by atoms with Gasteiger partial charge < -0.3 is 0 Å². The first kappa shape index (κ1) is 16.9. The lowest BCUT2D eigenvalue weighted by molar-refractivity contribution is -0.137. The Bertz CT molecular complexity index is 958. The zero-order valence-corrected chi connectivity index (χ0v) is 13.9. The van der Waals surface area contributed by atoms with E-state index in [1.54, 1.807) is 30.6 Å². The molecule has 0 fully saturated rings. The van der Waals surface area contributed by atoms with Gasteiger partial charge in [-0.1, -0.05) is 42.5 Å². The zero-order valence-electron chi connectivity index (χ0n) is 13.9. The van der Waals surface area contributed by atoms with Gasteiger partial charge >= 0.3 is 6.18 Å². The minimum atomic E-state index is -4.50. The molecule has 4 rings (SSSR count). The van der Waals surface area contributed by atoms with Crippen molar-refractivity contribution in [1.82, 2.24) is 10.4 Å². The van der Waals surface area contributed by atoms with Crippen molar-refractivity contribution in [2.75, 3.05) is 10.2 Å². The number of hydrogen-bond acceptors (Lipinski definition) is 5. The number of benzene rings is 2. The summed E-state index contributed by atoms with van der Waals surface area (Å²) < 4.78 is 40.6. The highest BCUT2D eigenvalue weighted by atomic mass is 19.4. The first-order chi connectivity index (χ1) is 13.0. The molecule has 0 unspecified atom stereocenters. The van der Waals surface area contributed by atoms with Gasteiger partial charge in [-0.25, -0.2) is 0 Å². The third-order valence-corrected chi connectivity index (χ3v) is 3.97. The summed E-state index contributed by atoms with van der Waals surface area (Å²) in [4.78, 5) is 3.95. The molecule has 0 saturated carbocycles. The molecule has 1 aromatic heterocycles. The van der Waals surface area contributed by atoms with Crippen molar-refractivity contribution in [2.24, 2.45) is 5.10 Å². The number of amidine groups is 1. The minimum absolute atomic E-state index is 0.0588. The van der Waals surface area contributed by atoms with Crippen molar-refractivity contribution < 1.29 is 13.2 Å². The molecule has 3 aromatic rings. The summed E-state index contributed by atoms with van der Waals surface area (Å²) in [5.74, 6) is 0.435. The van der Waals surface area contributed by atoms with Crippen molar-refractivity contribution in [3.63, 3.8) is 0 Å². The van der Waals surface area contributed by atoms with Crippen LogP contribution in [0, 0.1) is 0 Å². The number of para-hydroxylation sites is 1. The standard InChI is InChI=1S/C19H14F3N5/c20-19(21,22)16-8-4-5-9-17(16)27-25-18(14-6-2-1-3-7-14)24-26(27)15-10-12-23-13-11-15/h1-13H,(H,24,25). The second-order valence-electron chi connectivity index (χ2n) is 5.75. The number of nitrogens with one attached hydrogen (secondary N) is 1. The molecule has 0 radical (unpaired) electrons. The molecule has 0 aliphatic carbocycles. The highest BCUT2D eigenvalue weighted by Gasteiger charge is 2.38. The molecule has 0 atom stereocenters. The number of nitrogens with zero attached hydrogens (tertiary/aromatic N) is 4. The molecule has 1 N–H and O–H groups in total. The Labute approximate surface area is 153 Å². The summed E-state index contributed by atoms with van der Waals surface area (Å²) in [6.07, 6.45) is -1.39. The van der Waals surface area contributed by atoms with Crippen LogP contribution in [0.4, 0.5) is 24.5 Å². The summed E-state index contributed by atoms with van der Waals surface area (Å²) in [5, 5.41) is 7.14. The average Bonchev–Trinajstić information content (AvgIpc) is 3.14. The van der Waals surface area contributed by atoms with Crippen LogP contribution in [0.5, 0.6) is 0 Å². The number of hydrazone groups is 1. The number of halogens is 3. The molecule has 5 nitrogen and oxygen atoms in total. The summed E-state index contributed by atoms with van der Waals surface area (Å²) in [7, 11) is 0. The molecule has 0 bridgehead atoms. The van der Waals surface area contributed by atoms with Gasteiger partial charge in [0.2, 0.25) is 0 Å². The van der Waals surface area contributed by atoms with Gasteiger partial charge in [-0.15, -0.1) is 5.10 Å². The lowest BCUT2D eigenvalue weighted by atomic mass is 10.1. The van der Waals surface area contributed by atoms with Crippen LogP contribution in [0.1, 0.15) is 11.1 Å². The van der Waals surface area contributed by atoms with E-state index in [-0.39, 0.29) is 5.69 Å². The number of hydrogen-bond donors (Lipinski definition) is 1. The third kappa shape index (κ3) is 3.29. The van der Waals surface area contributed by atoms with E-state index < -0.39 is 11.7 Å². The van der Waals surface area contributed by atoms with Crippen LogP contribution >= 0.6 is 0 Å². The normalized spacial score (nSPS) is 14.1. The van der Waals surface area contributed by atoms with E-state index in [1.165, 1.54) is 22.4 Å². The first-order valence-corrected chi connectivity index (χ1v) is 8.11. The maximum atomic E-state index is 13.5. The number of alkyl halides is 3. The Kier molecular flexibility index (Phi) is 4.15. The van der Waals surface area contributed by atoms with Crippen molar-refractivity contribution in [3.8, 4) is 0 Å². The highest BCUT2D eigenvalue weighted by Crippen LogP contribution is 2.38. The van der Waals surface area contributed by atoms with E-state index in [0.29, 0.717) is 11.5 Å². The Morgan fingerprint density at radius 1 is 0.815 bits per heavy atom. The van der Waals surface area contributed by atoms with Crippen LogP contribution in [0.25, 0.3) is 0 Å². The fraction of sp³-hybridized carbons (Fsp3) is 0.0526. The van der Waals surface area contributed by atoms with Gasteiger partial charge in [0.15, 0.2) is 5.84 Å². The second kappa shape index (κ2) is 6.64. The quantitative estimate of drug-likeness (QED) is 0.751. The van der Waals surface area contributed by atoms with Crippen molar-refractivity contribution in [1.29, 1.82) is 0 Å². The predicted octanol–water partition coefficient (Wildman–Crippen LogP) is 4.21. The van der Waals surface area contributed by atoms with Gasteiger partial charge in [0, 0.05) is 18.0 Å². The van der Waals surface area contributed by atoms with E-state index in [9.17, 15) is 13.2 Å². The van der Waals surface area contributed by atoms with Gasteiger partial charge in [-0.2, -0.15) is 23.4 Å². The van der Waals surface area contributed by atoms with Crippen LogP contribution in [0.3, 0.4) is 0 Å². The fourth-order valence-electron chi connectivity index (χ4n) is 2.74. The summed E-state index contributed by atoms with van der Waals surface area (Å²) >= 11 is 0. The van der Waals surface area contributed by atoms with Crippen molar-refractivity contribution in [3.05, 3.63) is 90.3 Å². The van der Waals surface area contributed by atoms with Gasteiger partial charge in [0.1, 0.15) is 0 Å². The Morgan fingerprint density at radius 2 is 1.48 bits per heavy atom. The lowest BCUT2D eigenvalue weighted by Crippen LogP contribution is -2.45. The van der Waals surface area contributed by atoms with Crippen molar-refractivity contribution >= 4 is 17.2 Å². The van der Waals surface area contributed by atoms with Crippen LogP contribution in [-0.4, -0.2) is 10.8 Å². The summed E-state index contributed by atoms with van der Waals surface area (Å²) in [6.45, 7) is 0. The number of rotatable bonds is 3. The molecular weight excluding hydrogens is 355 g/mol. The maximum absolute atomic E-state index is 13.5. The van der Waals surface area contributed by atoms with Crippen LogP contribution in [0.2, 0.25) is 0 Å². The Hall–Kier alpha value is -3.55. The maximum Gasteiger partial charge on any atom is 0.418 e. The lowest BCUT2D eigenvalue weighted by Gasteiger charge is -2.29. The van der Waals surface area contributed by atoms with Gasteiger partial charge in [0.25, 0.3) is 0 Å². The zero-order chi connectivity index (χ0) is 18.9. The third-order valence-electron chi connectivity index (χ3n) is 3.97. The van der Waals surface area contributed by atoms with Gasteiger partial charge in [0.05, 0.1) is 16.9 Å². The smallest absolute Gasteiger partial charge is 0.265 e. The molecule has 27 heavy (non-hydrogen) atoms. The number of aromatic nitrogens is 1. The molecule has 8 heteroatoms. The van der Waals surface area contributed by atoms with E-state index in [4.69, 9.17) is 0 Å². The van der Waals surface area contributed by atoms with E-state index in [1.807, 2.05) is 30.3 Å². The largest absolute Gasteiger partial charge is 0.418 e. The topological polar surface area (TPSA) is 43.8 Å². The van der Waals surface area contributed by atoms with Crippen LogP contribution < -0.4 is 15.7 Å². The number of hydrazine groups is 2. The van der Waals surface area contributed by atoms with Gasteiger partial charge in [-0.3, -0.25) is 10.4 Å². The molecule has 136 valence electrons. The SMILES string of the molecule is FC(F)(F)c1ccccc1N1NC(c2ccccc2)=NN1c1ccncc1. The van der Waals surface area contributed by atoms with E-state index in [2.05, 4.69) is 15.5 Å². The molecule has 1 aliphatic rings. The monoisotopic (exact) mass is 369 g/mol. The summed E-state index contributed by atoms with van der Waals surface area (Å²) in [6, 6.07) is 17.9. The molecule has 0 saturated heterocycles. The average molecular weight is 369 g/mol. The molecule has 2 heterocycles. The fourth-order valence-corrected chi connectivity index (χ4v) is 2.74. The van der Waals surface area contributed by atoms with Gasteiger partial charge in [-0.05, 0) is 24.3 Å². The van der Waals surface area contributed by atoms with Crippen molar-refractivity contribution in [2.45, 2.75) is 6.18 Å². The van der Waals surface area contributed by atoms with E-state index >= 15 is 0 Å². The molecule has 1 aliphatic heterocycles. The highest BCUT2D eigenvalue weighted by molar-refractivity contribution is 6.02. The molecule has 2 aromatic carbocycles. The second-order valence-corrected chi connectivity index (χ2v) is 5.75. The molecule has 0 amide bonds. The first-order valence-electron chi connectivity index (χ1n) is 8.11. The van der Waals surface area contributed by atoms with Crippen LogP contribution in [0.15, 0.2) is 84.2 Å².